The zero-order valence-electron chi connectivity index (χ0n) is 15.8. The van der Waals surface area contributed by atoms with Gasteiger partial charge in [-0.15, -0.1) is 0 Å². The quantitative estimate of drug-likeness (QED) is 0.848. The molecule has 0 radical (unpaired) electrons. The van der Waals surface area contributed by atoms with E-state index in [4.69, 9.17) is 4.74 Å². The third-order valence-electron chi connectivity index (χ3n) is 5.02. The third kappa shape index (κ3) is 5.05. The summed E-state index contributed by atoms with van der Waals surface area (Å²) in [6.45, 7) is 5.70. The molecule has 5 nitrogen and oxygen atoms in total. The second kappa shape index (κ2) is 8.97. The van der Waals surface area contributed by atoms with Crippen LogP contribution in [0.5, 0.6) is 5.75 Å². The second-order valence-corrected chi connectivity index (χ2v) is 6.80. The summed E-state index contributed by atoms with van der Waals surface area (Å²) in [5.74, 6) is 0.513. The highest BCUT2D eigenvalue weighted by atomic mass is 19.1. The number of nitrogens with one attached hydrogen (secondary N) is 1. The number of methoxy groups -OCH3 is 1. The minimum atomic E-state index is -0.230. The average Bonchev–Trinajstić information content (AvgIpc) is 2.70. The first-order chi connectivity index (χ1) is 13.1. The first kappa shape index (κ1) is 19.3. The summed E-state index contributed by atoms with van der Waals surface area (Å²) in [5, 5.41) is 2.95. The average molecular weight is 371 g/mol. The van der Waals surface area contributed by atoms with Crippen molar-refractivity contribution in [2.24, 2.45) is 0 Å². The minimum Gasteiger partial charge on any atom is -0.497 e. The Balaban J connectivity index is 1.51. The van der Waals surface area contributed by atoms with Gasteiger partial charge in [0.05, 0.1) is 13.2 Å². The molecule has 1 atom stereocenters. The zero-order valence-corrected chi connectivity index (χ0v) is 15.8. The van der Waals surface area contributed by atoms with Crippen molar-refractivity contribution in [2.75, 3.05) is 38.6 Å². The molecule has 0 unspecified atom stereocenters. The Labute approximate surface area is 159 Å². The zero-order chi connectivity index (χ0) is 19.2. The highest BCUT2D eigenvalue weighted by molar-refractivity contribution is 5.94. The number of hydrogen-bond donors (Lipinski definition) is 1. The number of benzene rings is 2. The van der Waals surface area contributed by atoms with Crippen LogP contribution >= 0.6 is 0 Å². The van der Waals surface area contributed by atoms with Gasteiger partial charge in [-0.25, -0.2) is 4.39 Å². The SMILES string of the molecule is COc1cccc(NC(=O)[C@H](C)N2CCN(Cc3ccccc3F)CC2)c1. The summed E-state index contributed by atoms with van der Waals surface area (Å²) < 4.78 is 19.0. The molecule has 0 aliphatic carbocycles. The molecule has 1 amide bonds. The van der Waals surface area contributed by atoms with Crippen molar-refractivity contribution in [1.29, 1.82) is 0 Å². The Hall–Kier alpha value is -2.44. The van der Waals surface area contributed by atoms with Gasteiger partial charge in [-0.05, 0) is 25.1 Å². The van der Waals surface area contributed by atoms with E-state index in [1.807, 2.05) is 37.3 Å². The van der Waals surface area contributed by atoms with Gasteiger partial charge in [0.1, 0.15) is 11.6 Å². The van der Waals surface area contributed by atoms with E-state index in [9.17, 15) is 9.18 Å². The van der Waals surface area contributed by atoms with Crippen molar-refractivity contribution >= 4 is 11.6 Å². The molecule has 3 rings (SSSR count). The van der Waals surface area contributed by atoms with Crippen molar-refractivity contribution in [1.82, 2.24) is 9.80 Å². The van der Waals surface area contributed by atoms with Crippen LogP contribution in [0.4, 0.5) is 10.1 Å². The van der Waals surface area contributed by atoms with Gasteiger partial charge in [-0.1, -0.05) is 24.3 Å². The predicted octanol–water partition coefficient (Wildman–Crippen LogP) is 2.98. The first-order valence-corrected chi connectivity index (χ1v) is 9.21. The van der Waals surface area contributed by atoms with Gasteiger partial charge in [-0.2, -0.15) is 0 Å². The predicted molar refractivity (Wildman–Crippen MR) is 104 cm³/mol. The van der Waals surface area contributed by atoms with Gasteiger partial charge in [0.15, 0.2) is 0 Å². The molecule has 0 spiro atoms. The summed E-state index contributed by atoms with van der Waals surface area (Å²) in [6.07, 6.45) is 0. The Morgan fingerprint density at radius 1 is 1.15 bits per heavy atom. The van der Waals surface area contributed by atoms with E-state index >= 15 is 0 Å². The fourth-order valence-corrected chi connectivity index (χ4v) is 3.29. The number of amides is 1. The Morgan fingerprint density at radius 3 is 2.59 bits per heavy atom. The summed E-state index contributed by atoms with van der Waals surface area (Å²) in [4.78, 5) is 17.0. The third-order valence-corrected chi connectivity index (χ3v) is 5.02. The maximum atomic E-state index is 13.8. The lowest BCUT2D eigenvalue weighted by atomic mass is 10.1. The smallest absolute Gasteiger partial charge is 0.241 e. The molecule has 27 heavy (non-hydrogen) atoms. The van der Waals surface area contributed by atoms with Crippen LogP contribution in [0.25, 0.3) is 0 Å². The summed E-state index contributed by atoms with van der Waals surface area (Å²) in [5.41, 5.74) is 1.44. The van der Waals surface area contributed by atoms with E-state index < -0.39 is 0 Å². The van der Waals surface area contributed by atoms with Gasteiger partial charge in [0.2, 0.25) is 5.91 Å². The van der Waals surface area contributed by atoms with Crippen molar-refractivity contribution in [3.05, 3.63) is 59.9 Å². The summed E-state index contributed by atoms with van der Waals surface area (Å²) >= 11 is 0. The van der Waals surface area contributed by atoms with Crippen LogP contribution in [-0.2, 0) is 11.3 Å². The minimum absolute atomic E-state index is 0.0363. The number of anilines is 1. The molecule has 144 valence electrons. The van der Waals surface area contributed by atoms with Crippen LogP contribution in [0.3, 0.4) is 0 Å². The lowest BCUT2D eigenvalue weighted by Crippen LogP contribution is -2.52. The van der Waals surface area contributed by atoms with E-state index in [1.54, 1.807) is 19.2 Å². The van der Waals surface area contributed by atoms with Gasteiger partial charge < -0.3 is 10.1 Å². The molecule has 1 N–H and O–H groups in total. The highest BCUT2D eigenvalue weighted by Gasteiger charge is 2.26. The number of piperazine rings is 1. The van der Waals surface area contributed by atoms with Crippen molar-refractivity contribution in [3.63, 3.8) is 0 Å². The molecule has 1 heterocycles. The van der Waals surface area contributed by atoms with Crippen LogP contribution < -0.4 is 10.1 Å². The molecule has 6 heteroatoms. The molecule has 1 fully saturated rings. The monoisotopic (exact) mass is 371 g/mol. The van der Waals surface area contributed by atoms with Crippen LogP contribution in [0.2, 0.25) is 0 Å². The molecule has 1 aliphatic heterocycles. The van der Waals surface area contributed by atoms with E-state index in [0.717, 1.165) is 37.4 Å². The van der Waals surface area contributed by atoms with Gasteiger partial charge in [0.25, 0.3) is 0 Å². The lowest BCUT2D eigenvalue weighted by molar-refractivity contribution is -0.121. The fourth-order valence-electron chi connectivity index (χ4n) is 3.29. The molecule has 0 aromatic heterocycles. The molecule has 2 aromatic carbocycles. The van der Waals surface area contributed by atoms with Crippen molar-refractivity contribution < 1.29 is 13.9 Å². The van der Waals surface area contributed by atoms with E-state index in [2.05, 4.69) is 15.1 Å². The molecule has 2 aromatic rings. The van der Waals surface area contributed by atoms with Crippen LogP contribution in [0.1, 0.15) is 12.5 Å². The van der Waals surface area contributed by atoms with E-state index in [1.165, 1.54) is 6.07 Å². The molecule has 0 saturated carbocycles. The number of ether oxygens (including phenoxy) is 1. The largest absolute Gasteiger partial charge is 0.497 e. The molecular weight excluding hydrogens is 345 g/mol. The highest BCUT2D eigenvalue weighted by Crippen LogP contribution is 2.18. The number of nitrogens with zero attached hydrogens (tertiary/aromatic N) is 2. The first-order valence-electron chi connectivity index (χ1n) is 9.21. The number of carbonyl (C=O) groups excluding carboxylic acids is 1. The Kier molecular flexibility index (Phi) is 6.42. The van der Waals surface area contributed by atoms with Crippen molar-refractivity contribution in [3.8, 4) is 5.75 Å². The maximum Gasteiger partial charge on any atom is 0.241 e. The Bertz CT molecular complexity index is 776. The molecule has 1 aliphatic rings. The second-order valence-electron chi connectivity index (χ2n) is 6.80. The number of hydrogen-bond acceptors (Lipinski definition) is 4. The lowest BCUT2D eigenvalue weighted by Gasteiger charge is -2.37. The van der Waals surface area contributed by atoms with Gasteiger partial charge in [0, 0.05) is 50.0 Å². The number of rotatable bonds is 6. The van der Waals surface area contributed by atoms with Crippen LogP contribution in [0.15, 0.2) is 48.5 Å². The number of halogens is 1. The van der Waals surface area contributed by atoms with Crippen molar-refractivity contribution in [2.45, 2.75) is 19.5 Å². The number of carbonyl (C=O) groups is 1. The molecule has 1 saturated heterocycles. The summed E-state index contributed by atoms with van der Waals surface area (Å²) in [7, 11) is 1.60. The standard InChI is InChI=1S/C21H26FN3O2/c1-16(21(26)23-18-7-5-8-19(14-18)27-2)25-12-10-24(11-13-25)15-17-6-3-4-9-20(17)22/h3-9,14,16H,10-13,15H2,1-2H3,(H,23,26)/t16-/m0/s1. The van der Waals surface area contributed by atoms with Gasteiger partial charge >= 0.3 is 0 Å². The van der Waals surface area contributed by atoms with Crippen LogP contribution in [-0.4, -0.2) is 55.0 Å². The van der Waals surface area contributed by atoms with Crippen LogP contribution in [0, 0.1) is 5.82 Å². The Morgan fingerprint density at radius 2 is 1.89 bits per heavy atom. The fraction of sp³-hybridized carbons (Fsp3) is 0.381. The maximum absolute atomic E-state index is 13.8. The normalized spacial score (nSPS) is 16.7. The van der Waals surface area contributed by atoms with Gasteiger partial charge in [-0.3, -0.25) is 14.6 Å². The van der Waals surface area contributed by atoms with E-state index in [0.29, 0.717) is 12.3 Å². The molecule has 0 bridgehead atoms. The molecular formula is C21H26FN3O2. The summed E-state index contributed by atoms with van der Waals surface area (Å²) in [6, 6.07) is 14.0. The van der Waals surface area contributed by atoms with E-state index in [-0.39, 0.29) is 17.8 Å². The topological polar surface area (TPSA) is 44.8 Å².